The van der Waals surface area contributed by atoms with Crippen LogP contribution < -0.4 is 5.32 Å². The number of amides is 1. The summed E-state index contributed by atoms with van der Waals surface area (Å²) in [5.74, 6) is -1.21. The van der Waals surface area contributed by atoms with Gasteiger partial charge in [0.25, 0.3) is 5.91 Å². The molecule has 21 heavy (non-hydrogen) atoms. The van der Waals surface area contributed by atoms with Crippen LogP contribution in [0.5, 0.6) is 5.75 Å². The van der Waals surface area contributed by atoms with Crippen LogP contribution in [0.4, 0.5) is 5.69 Å². The number of nitrogens with one attached hydrogen (secondary N) is 1. The third-order valence-electron chi connectivity index (χ3n) is 2.67. The second kappa shape index (κ2) is 8.18. The van der Waals surface area contributed by atoms with Crippen molar-refractivity contribution in [2.24, 2.45) is 0 Å². The number of benzene rings is 1. The van der Waals surface area contributed by atoms with Gasteiger partial charge in [0.2, 0.25) is 5.75 Å². The number of ether oxygens (including phenoxy) is 1. The molecule has 0 saturated heterocycles. The van der Waals surface area contributed by atoms with Gasteiger partial charge in [-0.1, -0.05) is 6.07 Å². The minimum Gasteiger partial charge on any atom is -0.502 e. The smallest absolute Gasteiger partial charge is 0.311 e. The Bertz CT molecular complexity index is 505. The van der Waals surface area contributed by atoms with Crippen LogP contribution in [0.1, 0.15) is 10.4 Å². The average molecular weight is 297 g/mol. The number of hydrogen-bond donors (Lipinski definition) is 2. The number of rotatable bonds is 8. The van der Waals surface area contributed by atoms with Crippen molar-refractivity contribution in [2.45, 2.75) is 0 Å². The molecule has 1 rings (SSSR count). The molecule has 8 nitrogen and oxygen atoms in total. The van der Waals surface area contributed by atoms with Crippen molar-refractivity contribution in [2.75, 3.05) is 40.4 Å². The van der Waals surface area contributed by atoms with Gasteiger partial charge in [-0.2, -0.15) is 0 Å². The summed E-state index contributed by atoms with van der Waals surface area (Å²) < 4.78 is 5.30. The van der Waals surface area contributed by atoms with Crippen molar-refractivity contribution < 1.29 is 19.6 Å². The van der Waals surface area contributed by atoms with E-state index in [-0.39, 0.29) is 12.1 Å². The van der Waals surface area contributed by atoms with Crippen LogP contribution in [-0.2, 0) is 4.74 Å². The summed E-state index contributed by atoms with van der Waals surface area (Å²) in [7, 11) is 3.85. The number of carbonyl (C=O) groups excluding carboxylic acids is 1. The first-order chi connectivity index (χ1) is 9.93. The maximum atomic E-state index is 11.8. The third-order valence-corrected chi connectivity index (χ3v) is 2.67. The third kappa shape index (κ3) is 5.36. The Balaban J connectivity index is 2.46. The van der Waals surface area contributed by atoms with Crippen molar-refractivity contribution in [3.63, 3.8) is 0 Å². The van der Waals surface area contributed by atoms with E-state index >= 15 is 0 Å². The molecular formula is C13H19N3O5. The van der Waals surface area contributed by atoms with Crippen LogP contribution in [0.15, 0.2) is 18.2 Å². The van der Waals surface area contributed by atoms with Crippen LogP contribution in [-0.4, -0.2) is 61.2 Å². The lowest BCUT2D eigenvalue weighted by molar-refractivity contribution is -0.385. The molecule has 1 amide bonds. The van der Waals surface area contributed by atoms with Crippen molar-refractivity contribution in [3.05, 3.63) is 33.9 Å². The van der Waals surface area contributed by atoms with Gasteiger partial charge in [-0.25, -0.2) is 0 Å². The summed E-state index contributed by atoms with van der Waals surface area (Å²) in [4.78, 5) is 23.7. The number of nitro groups is 1. The first-order valence-electron chi connectivity index (χ1n) is 6.40. The number of phenols is 1. The molecule has 0 fully saturated rings. The first kappa shape index (κ1) is 16.9. The zero-order valence-corrected chi connectivity index (χ0v) is 12.0. The molecule has 0 spiro atoms. The molecule has 0 bridgehead atoms. The summed E-state index contributed by atoms with van der Waals surface area (Å²) in [6, 6.07) is 3.81. The van der Waals surface area contributed by atoms with Gasteiger partial charge in [0.05, 0.1) is 23.7 Å². The molecule has 0 unspecified atom stereocenters. The van der Waals surface area contributed by atoms with Gasteiger partial charge < -0.3 is 20.1 Å². The molecule has 116 valence electrons. The summed E-state index contributed by atoms with van der Waals surface area (Å²) >= 11 is 0. The molecule has 0 aliphatic heterocycles. The van der Waals surface area contributed by atoms with Gasteiger partial charge >= 0.3 is 5.69 Å². The molecule has 0 radical (unpaired) electrons. The highest BCUT2D eigenvalue weighted by Gasteiger charge is 2.20. The number of likely N-dealkylation sites (N-methyl/N-ethyl adjacent to an activating group) is 1. The normalized spacial score (nSPS) is 10.6. The summed E-state index contributed by atoms with van der Waals surface area (Å²) in [6.07, 6.45) is 0. The largest absolute Gasteiger partial charge is 0.502 e. The lowest BCUT2D eigenvalue weighted by Crippen LogP contribution is -2.28. The fraction of sp³-hybridized carbons (Fsp3) is 0.462. The minimum absolute atomic E-state index is 0.127. The van der Waals surface area contributed by atoms with E-state index in [1.54, 1.807) is 0 Å². The topological polar surface area (TPSA) is 105 Å². The Kier molecular flexibility index (Phi) is 6.57. The van der Waals surface area contributed by atoms with Crippen molar-refractivity contribution in [3.8, 4) is 5.75 Å². The number of carbonyl (C=O) groups is 1. The van der Waals surface area contributed by atoms with Crippen molar-refractivity contribution >= 4 is 11.6 Å². The summed E-state index contributed by atoms with van der Waals surface area (Å²) in [6.45, 7) is 1.91. The first-order valence-corrected chi connectivity index (χ1v) is 6.40. The van der Waals surface area contributed by atoms with Crippen LogP contribution in [0.25, 0.3) is 0 Å². The molecule has 0 aliphatic rings. The van der Waals surface area contributed by atoms with E-state index in [0.29, 0.717) is 13.2 Å². The van der Waals surface area contributed by atoms with Crippen molar-refractivity contribution in [1.29, 1.82) is 0 Å². The second-order valence-corrected chi connectivity index (χ2v) is 4.60. The van der Waals surface area contributed by atoms with E-state index in [1.807, 2.05) is 19.0 Å². The maximum absolute atomic E-state index is 11.8. The highest BCUT2D eigenvalue weighted by Crippen LogP contribution is 2.28. The number of para-hydroxylation sites is 1. The summed E-state index contributed by atoms with van der Waals surface area (Å²) in [5, 5.41) is 22.9. The Morgan fingerprint density at radius 2 is 2.14 bits per heavy atom. The number of nitrogens with zero attached hydrogens (tertiary/aromatic N) is 2. The standard InChI is InChI=1S/C13H19N3O5/c1-15(2)7-9-21-8-6-14-13(18)10-4-3-5-11(12(10)17)16(19)20/h3-5,17H,6-9H2,1-2H3,(H,14,18). The SMILES string of the molecule is CN(C)CCOCCNC(=O)c1cccc([N+](=O)[O-])c1O. The second-order valence-electron chi connectivity index (χ2n) is 4.60. The van der Waals surface area contributed by atoms with Gasteiger partial charge in [0.1, 0.15) is 0 Å². The number of nitro benzene ring substituents is 1. The van der Waals surface area contributed by atoms with Gasteiger partial charge in [-0.3, -0.25) is 14.9 Å². The van der Waals surface area contributed by atoms with E-state index in [0.717, 1.165) is 12.6 Å². The molecule has 0 saturated carbocycles. The Morgan fingerprint density at radius 3 is 2.76 bits per heavy atom. The molecule has 2 N–H and O–H groups in total. The van der Waals surface area contributed by atoms with E-state index in [2.05, 4.69) is 5.32 Å². The predicted molar refractivity (Wildman–Crippen MR) is 76.5 cm³/mol. The highest BCUT2D eigenvalue weighted by atomic mass is 16.6. The predicted octanol–water partition coefficient (Wildman–Crippen LogP) is 0.608. The quantitative estimate of drug-likeness (QED) is 0.414. The Morgan fingerprint density at radius 1 is 1.43 bits per heavy atom. The van der Waals surface area contributed by atoms with E-state index < -0.39 is 22.3 Å². The van der Waals surface area contributed by atoms with Gasteiger partial charge in [-0.05, 0) is 20.2 Å². The fourth-order valence-electron chi connectivity index (χ4n) is 1.54. The summed E-state index contributed by atoms with van der Waals surface area (Å²) in [5.41, 5.74) is -0.623. The number of hydrogen-bond acceptors (Lipinski definition) is 6. The van der Waals surface area contributed by atoms with E-state index in [9.17, 15) is 20.0 Å². The van der Waals surface area contributed by atoms with E-state index in [4.69, 9.17) is 4.74 Å². The highest BCUT2D eigenvalue weighted by molar-refractivity contribution is 5.98. The average Bonchev–Trinajstić information content (AvgIpc) is 2.42. The Hall–Kier alpha value is -2.19. The van der Waals surface area contributed by atoms with Gasteiger partial charge in [-0.15, -0.1) is 0 Å². The monoisotopic (exact) mass is 297 g/mol. The molecule has 0 aliphatic carbocycles. The maximum Gasteiger partial charge on any atom is 0.311 e. The number of phenolic OH excluding ortho intramolecular Hbond substituents is 1. The Labute approximate surface area is 122 Å². The minimum atomic E-state index is -0.740. The van der Waals surface area contributed by atoms with Crippen LogP contribution in [0.2, 0.25) is 0 Å². The van der Waals surface area contributed by atoms with Gasteiger partial charge in [0, 0.05) is 19.2 Å². The molecule has 0 heterocycles. The molecule has 0 atom stereocenters. The molecule has 8 heteroatoms. The van der Waals surface area contributed by atoms with Crippen LogP contribution in [0.3, 0.4) is 0 Å². The zero-order valence-electron chi connectivity index (χ0n) is 12.0. The lowest BCUT2D eigenvalue weighted by atomic mass is 10.1. The van der Waals surface area contributed by atoms with Crippen LogP contribution >= 0.6 is 0 Å². The molecular weight excluding hydrogens is 278 g/mol. The van der Waals surface area contributed by atoms with Gasteiger partial charge in [0.15, 0.2) is 0 Å². The molecule has 1 aromatic carbocycles. The van der Waals surface area contributed by atoms with Crippen molar-refractivity contribution in [1.82, 2.24) is 10.2 Å². The molecule has 0 aromatic heterocycles. The van der Waals surface area contributed by atoms with E-state index in [1.165, 1.54) is 12.1 Å². The number of aromatic hydroxyl groups is 1. The molecule has 1 aromatic rings. The fourth-order valence-corrected chi connectivity index (χ4v) is 1.54. The lowest BCUT2D eigenvalue weighted by Gasteiger charge is -2.10. The van der Waals surface area contributed by atoms with Crippen LogP contribution in [0, 0.1) is 10.1 Å². The zero-order chi connectivity index (χ0) is 15.8.